The number of nitrogens with two attached hydrogens (primary N) is 1. The first-order valence-corrected chi connectivity index (χ1v) is 11.3. The summed E-state index contributed by atoms with van der Waals surface area (Å²) in [6.45, 7) is 0. The average molecular weight is 460 g/mol. The molecule has 0 aliphatic carbocycles. The van der Waals surface area contributed by atoms with Crippen LogP contribution in [0.3, 0.4) is 0 Å². The first kappa shape index (κ1) is 21.1. The van der Waals surface area contributed by atoms with Crippen molar-refractivity contribution in [1.82, 2.24) is 19.7 Å². The maximum absolute atomic E-state index is 11.5. The van der Waals surface area contributed by atoms with E-state index in [0.29, 0.717) is 16.8 Å². The Kier molecular flexibility index (Phi) is 5.56. The van der Waals surface area contributed by atoms with Crippen molar-refractivity contribution < 1.29 is 23.7 Å². The Morgan fingerprint density at radius 3 is 2.48 bits per heavy atom. The maximum atomic E-state index is 11.5. The van der Waals surface area contributed by atoms with E-state index in [1.54, 1.807) is 36.7 Å². The number of primary sulfonamides is 1. The van der Waals surface area contributed by atoms with Crippen molar-refractivity contribution in [3.63, 3.8) is 0 Å². The summed E-state index contributed by atoms with van der Waals surface area (Å²) < 4.78 is 24.2. The topological polar surface area (TPSA) is 164 Å². The Morgan fingerprint density at radius 2 is 1.90 bits per heavy atom. The molecule has 3 heterocycles. The largest absolute Gasteiger partial charge is 0.493 e. The van der Waals surface area contributed by atoms with Crippen LogP contribution in [0.15, 0.2) is 59.1 Å². The fourth-order valence-corrected chi connectivity index (χ4v) is 4.27. The maximum Gasteiger partial charge on any atom is 0.238 e. The lowest BCUT2D eigenvalue weighted by Gasteiger charge is -2.05. The highest BCUT2D eigenvalue weighted by molar-refractivity contribution is 7.89. The van der Waals surface area contributed by atoms with Crippen LogP contribution in [0, 0.1) is 0 Å². The van der Waals surface area contributed by atoms with Crippen LogP contribution >= 0.6 is 11.3 Å². The van der Waals surface area contributed by atoms with Gasteiger partial charge in [-0.3, -0.25) is 4.98 Å². The van der Waals surface area contributed by atoms with E-state index in [0.717, 1.165) is 16.9 Å². The zero-order chi connectivity index (χ0) is 22.2. The van der Waals surface area contributed by atoms with Gasteiger partial charge in [0.1, 0.15) is 11.4 Å². The number of sulfonamides is 1. The van der Waals surface area contributed by atoms with Gasteiger partial charge < -0.3 is 15.3 Å². The van der Waals surface area contributed by atoms with Crippen molar-refractivity contribution in [1.29, 1.82) is 0 Å². The molecular weight excluding hydrogens is 442 g/mol. The smallest absolute Gasteiger partial charge is 0.238 e. The third kappa shape index (κ3) is 4.33. The van der Waals surface area contributed by atoms with Crippen molar-refractivity contribution >= 4 is 21.4 Å². The van der Waals surface area contributed by atoms with Gasteiger partial charge >= 0.3 is 0 Å². The zero-order valence-electron chi connectivity index (χ0n) is 15.8. The molecule has 12 heteroatoms. The number of hydrogen-bond acceptors (Lipinski definition) is 9. The zero-order valence-corrected chi connectivity index (χ0v) is 17.5. The van der Waals surface area contributed by atoms with Gasteiger partial charge in [-0.1, -0.05) is 12.1 Å². The molecule has 0 spiro atoms. The monoisotopic (exact) mass is 459 g/mol. The molecule has 0 saturated carbocycles. The van der Waals surface area contributed by atoms with Gasteiger partial charge in [-0.2, -0.15) is 9.78 Å². The molecule has 4 rings (SSSR count). The second-order valence-corrected chi connectivity index (χ2v) is 9.00. The minimum atomic E-state index is -3.81. The van der Waals surface area contributed by atoms with Crippen LogP contribution in [0.4, 0.5) is 0 Å². The fraction of sp³-hybridized carbons (Fsp3) is 0.105. The second kappa shape index (κ2) is 8.17. The number of pyridine rings is 1. The number of aliphatic hydroxyl groups is 2. The number of aromatic hydroxyl groups is 1. The Morgan fingerprint density at radius 1 is 1.16 bits per heavy atom. The molecule has 0 atom stereocenters. The molecule has 1 aromatic carbocycles. The summed E-state index contributed by atoms with van der Waals surface area (Å²) in [5.74, 6) is -0.178. The molecule has 0 aliphatic rings. The summed E-state index contributed by atoms with van der Waals surface area (Å²) in [5, 5.41) is 40.9. The average Bonchev–Trinajstić information content (AvgIpc) is 3.34. The number of aliphatic hydroxyl groups excluding tert-OH is 1. The SMILES string of the molecule is NS(=O)(=O)c1ccc(Cc2c(-c3cccnc3)nn(-c3nc(C(O)O)cs3)c2O)cc1. The normalized spacial score (nSPS) is 11.9. The molecule has 5 N–H and O–H groups in total. The Hall–Kier alpha value is -3.16. The number of rotatable bonds is 6. The lowest BCUT2D eigenvalue weighted by Crippen LogP contribution is -2.11. The quantitative estimate of drug-likeness (QED) is 0.313. The van der Waals surface area contributed by atoms with E-state index in [2.05, 4.69) is 15.1 Å². The summed E-state index contributed by atoms with van der Waals surface area (Å²) in [7, 11) is -3.81. The third-order valence-electron chi connectivity index (χ3n) is 4.48. The van der Waals surface area contributed by atoms with Crippen molar-refractivity contribution in [2.75, 3.05) is 0 Å². The molecule has 0 saturated heterocycles. The van der Waals surface area contributed by atoms with Gasteiger partial charge in [0, 0.05) is 35.3 Å². The Labute approximate surface area is 181 Å². The summed E-state index contributed by atoms with van der Waals surface area (Å²) >= 11 is 1.09. The Balaban J connectivity index is 1.79. The molecule has 31 heavy (non-hydrogen) atoms. The van der Waals surface area contributed by atoms with E-state index in [1.165, 1.54) is 22.2 Å². The lowest BCUT2D eigenvalue weighted by atomic mass is 10.0. The van der Waals surface area contributed by atoms with E-state index in [1.807, 2.05) is 0 Å². The van der Waals surface area contributed by atoms with Crippen molar-refractivity contribution in [2.45, 2.75) is 17.6 Å². The predicted octanol–water partition coefficient (Wildman–Crippen LogP) is 1.32. The third-order valence-corrected chi connectivity index (χ3v) is 6.24. The minimum absolute atomic E-state index is 0.0125. The number of thiazole rings is 1. The molecule has 160 valence electrons. The van der Waals surface area contributed by atoms with Crippen LogP contribution < -0.4 is 5.14 Å². The van der Waals surface area contributed by atoms with Gasteiger partial charge in [0.25, 0.3) is 0 Å². The molecule has 0 bridgehead atoms. The highest BCUT2D eigenvalue weighted by atomic mass is 32.2. The van der Waals surface area contributed by atoms with Gasteiger partial charge in [0.05, 0.1) is 4.90 Å². The van der Waals surface area contributed by atoms with E-state index in [4.69, 9.17) is 5.14 Å². The molecule has 0 fully saturated rings. The molecular formula is C19H17N5O5S2. The van der Waals surface area contributed by atoms with E-state index >= 15 is 0 Å². The van der Waals surface area contributed by atoms with Crippen LogP contribution in [0.25, 0.3) is 16.4 Å². The molecule has 0 aliphatic heterocycles. The van der Waals surface area contributed by atoms with Gasteiger partial charge in [0.15, 0.2) is 6.29 Å². The highest BCUT2D eigenvalue weighted by Gasteiger charge is 2.22. The van der Waals surface area contributed by atoms with Crippen LogP contribution in [0.1, 0.15) is 23.1 Å². The molecule has 3 aromatic heterocycles. The standard InChI is InChI=1S/C19H17N5O5S2/c20-31(28,29)13-5-3-11(4-6-13)8-14-16(12-2-1-7-21-9-12)23-24(17(14)25)19-22-15(10-30-19)18(26)27/h1-7,9-10,18,25-27H,8H2,(H2,20,28,29). The van der Waals surface area contributed by atoms with E-state index in [9.17, 15) is 23.7 Å². The van der Waals surface area contributed by atoms with Crippen molar-refractivity contribution in [3.8, 4) is 22.3 Å². The number of hydrogen-bond donors (Lipinski definition) is 4. The van der Waals surface area contributed by atoms with Gasteiger partial charge in [0.2, 0.25) is 21.0 Å². The van der Waals surface area contributed by atoms with Gasteiger partial charge in [-0.15, -0.1) is 11.3 Å². The first-order valence-electron chi connectivity index (χ1n) is 8.89. The molecule has 4 aromatic rings. The van der Waals surface area contributed by atoms with E-state index < -0.39 is 16.3 Å². The van der Waals surface area contributed by atoms with Crippen LogP contribution in [-0.2, 0) is 16.4 Å². The lowest BCUT2D eigenvalue weighted by molar-refractivity contribution is -0.0454. The van der Waals surface area contributed by atoms with Crippen molar-refractivity contribution in [2.24, 2.45) is 5.14 Å². The summed E-state index contributed by atoms with van der Waals surface area (Å²) in [6.07, 6.45) is 1.71. The van der Waals surface area contributed by atoms with Gasteiger partial charge in [-0.05, 0) is 29.8 Å². The number of aromatic nitrogens is 4. The van der Waals surface area contributed by atoms with Crippen molar-refractivity contribution in [3.05, 3.63) is 71.0 Å². The molecule has 0 amide bonds. The van der Waals surface area contributed by atoms with Crippen LogP contribution in [-0.4, -0.2) is 43.5 Å². The van der Waals surface area contributed by atoms with Gasteiger partial charge in [-0.25, -0.2) is 18.5 Å². The van der Waals surface area contributed by atoms with Crippen LogP contribution in [0.5, 0.6) is 5.88 Å². The fourth-order valence-electron chi connectivity index (χ4n) is 2.97. The molecule has 0 unspecified atom stereocenters. The summed E-state index contributed by atoms with van der Waals surface area (Å²) in [6, 6.07) is 9.52. The number of benzene rings is 1. The predicted molar refractivity (Wildman–Crippen MR) is 112 cm³/mol. The van der Waals surface area contributed by atoms with Crippen LogP contribution in [0.2, 0.25) is 0 Å². The van der Waals surface area contributed by atoms with E-state index in [-0.39, 0.29) is 28.0 Å². The molecule has 10 nitrogen and oxygen atoms in total. The molecule has 0 radical (unpaired) electrons. The first-order chi connectivity index (χ1) is 14.7. The Bertz CT molecular complexity index is 1320. The number of nitrogens with zero attached hydrogens (tertiary/aromatic N) is 4. The summed E-state index contributed by atoms with van der Waals surface area (Å²) in [5.41, 5.74) is 2.35. The second-order valence-electron chi connectivity index (χ2n) is 6.60. The summed E-state index contributed by atoms with van der Waals surface area (Å²) in [4.78, 5) is 8.18. The minimum Gasteiger partial charge on any atom is -0.493 e. The highest BCUT2D eigenvalue weighted by Crippen LogP contribution is 2.34.